The van der Waals surface area contributed by atoms with E-state index in [1.165, 1.54) is 12.7 Å². The van der Waals surface area contributed by atoms with Crippen LogP contribution in [0.25, 0.3) is 5.57 Å². The summed E-state index contributed by atoms with van der Waals surface area (Å²) in [6, 6.07) is 7.44. The highest BCUT2D eigenvalue weighted by Crippen LogP contribution is 2.23. The van der Waals surface area contributed by atoms with E-state index in [2.05, 4.69) is 10.8 Å². The molecule has 0 saturated heterocycles. The predicted molar refractivity (Wildman–Crippen MR) is 88.4 cm³/mol. The maximum absolute atomic E-state index is 11.4. The summed E-state index contributed by atoms with van der Waals surface area (Å²) >= 11 is 0. The monoisotopic (exact) mass is 322 g/mol. The van der Waals surface area contributed by atoms with Crippen molar-refractivity contribution in [1.29, 1.82) is 0 Å². The highest BCUT2D eigenvalue weighted by atomic mass is 32.2. The highest BCUT2D eigenvalue weighted by molar-refractivity contribution is 7.81. The minimum Gasteiger partial charge on any atom is -0.468 e. The lowest BCUT2D eigenvalue weighted by Crippen LogP contribution is -2.33. The topological polar surface area (TPSA) is 72.6 Å². The zero-order chi connectivity index (χ0) is 16.1. The van der Waals surface area contributed by atoms with Crippen LogP contribution in [-0.4, -0.2) is 47.0 Å². The first-order valence-corrected chi connectivity index (χ1v) is 8.73. The smallest absolute Gasteiger partial charge is 0.322 e. The number of esters is 1. The van der Waals surface area contributed by atoms with Crippen molar-refractivity contribution in [3.8, 4) is 0 Å². The largest absolute Gasteiger partial charge is 0.468 e. The number of nitrogens with two attached hydrogens (primary N) is 1. The van der Waals surface area contributed by atoms with Crippen LogP contribution >= 0.6 is 0 Å². The summed E-state index contributed by atoms with van der Waals surface area (Å²) in [5, 5.41) is 0. The molecule has 22 heavy (non-hydrogen) atoms. The van der Waals surface area contributed by atoms with Crippen LogP contribution in [-0.2, 0) is 26.9 Å². The molecule has 0 amide bonds. The molecule has 0 spiro atoms. The molecule has 6 heteroatoms. The molecule has 1 aliphatic heterocycles. The molecule has 2 atom stereocenters. The van der Waals surface area contributed by atoms with Crippen molar-refractivity contribution in [1.82, 2.24) is 4.31 Å². The molecule has 2 N–H and O–H groups in total. The Morgan fingerprint density at radius 2 is 2.09 bits per heavy atom. The van der Waals surface area contributed by atoms with Gasteiger partial charge in [-0.25, -0.2) is 8.51 Å². The molecular formula is C16H22N2O3S. The lowest BCUT2D eigenvalue weighted by molar-refractivity contribution is -0.142. The summed E-state index contributed by atoms with van der Waals surface area (Å²) in [4.78, 5) is 11.3. The van der Waals surface area contributed by atoms with Gasteiger partial charge in [0.15, 0.2) is 0 Å². The fraction of sp³-hybridized carbons (Fsp3) is 0.438. The maximum atomic E-state index is 11.4. The van der Waals surface area contributed by atoms with Gasteiger partial charge in [0.05, 0.1) is 18.1 Å². The lowest BCUT2D eigenvalue weighted by Gasteiger charge is -2.23. The Balaban J connectivity index is 2.01. The van der Waals surface area contributed by atoms with Gasteiger partial charge in [-0.3, -0.25) is 4.79 Å². The third-order valence-corrected chi connectivity index (χ3v) is 4.88. The van der Waals surface area contributed by atoms with Crippen LogP contribution in [0.4, 0.5) is 0 Å². The van der Waals surface area contributed by atoms with Crippen molar-refractivity contribution < 1.29 is 13.7 Å². The summed E-state index contributed by atoms with van der Waals surface area (Å²) in [6.45, 7) is 1.53. The van der Waals surface area contributed by atoms with Crippen molar-refractivity contribution in [3.63, 3.8) is 0 Å². The molecule has 1 aromatic carbocycles. The Bertz CT molecular complexity index is 584. The SMILES string of the molecule is COC(=O)C(N)Cc1ccc(C2=CCN(S(C)=O)CC2)cc1. The van der Waals surface area contributed by atoms with Gasteiger partial charge in [0.1, 0.15) is 6.04 Å². The van der Waals surface area contributed by atoms with Gasteiger partial charge in [-0.1, -0.05) is 30.3 Å². The minimum absolute atomic E-state index is 0.397. The predicted octanol–water partition coefficient (Wildman–Crippen LogP) is 1.11. The Hall–Kier alpha value is -1.50. The lowest BCUT2D eigenvalue weighted by atomic mass is 9.97. The number of rotatable bonds is 5. The van der Waals surface area contributed by atoms with Crippen LogP contribution in [0.1, 0.15) is 17.5 Å². The Kier molecular flexibility index (Phi) is 5.88. The summed E-state index contributed by atoms with van der Waals surface area (Å²) in [5.74, 6) is -0.397. The first-order chi connectivity index (χ1) is 10.5. The maximum Gasteiger partial charge on any atom is 0.322 e. The van der Waals surface area contributed by atoms with Gasteiger partial charge < -0.3 is 10.5 Å². The first kappa shape index (κ1) is 16.9. The third-order valence-electron chi connectivity index (χ3n) is 3.82. The zero-order valence-corrected chi connectivity index (χ0v) is 13.8. The number of carbonyl (C=O) groups is 1. The van der Waals surface area contributed by atoms with E-state index in [-0.39, 0.29) is 0 Å². The van der Waals surface area contributed by atoms with Gasteiger partial charge in [0, 0.05) is 19.3 Å². The van der Waals surface area contributed by atoms with E-state index in [1.54, 1.807) is 6.26 Å². The van der Waals surface area contributed by atoms with Gasteiger partial charge in [0.25, 0.3) is 0 Å². The van der Waals surface area contributed by atoms with Crippen molar-refractivity contribution in [2.24, 2.45) is 5.73 Å². The highest BCUT2D eigenvalue weighted by Gasteiger charge is 2.16. The molecule has 5 nitrogen and oxygen atoms in total. The number of carbonyl (C=O) groups excluding carboxylic acids is 1. The van der Waals surface area contributed by atoms with Gasteiger partial charge in [-0.15, -0.1) is 0 Å². The second-order valence-corrected chi connectivity index (χ2v) is 6.69. The van der Waals surface area contributed by atoms with Gasteiger partial charge in [-0.2, -0.15) is 0 Å². The van der Waals surface area contributed by atoms with E-state index in [0.717, 1.165) is 24.1 Å². The Morgan fingerprint density at radius 3 is 2.59 bits per heavy atom. The fourth-order valence-electron chi connectivity index (χ4n) is 2.49. The van der Waals surface area contributed by atoms with E-state index < -0.39 is 23.0 Å². The average Bonchev–Trinajstić information content (AvgIpc) is 2.54. The Morgan fingerprint density at radius 1 is 1.41 bits per heavy atom. The van der Waals surface area contributed by atoms with Crippen LogP contribution in [0.15, 0.2) is 30.3 Å². The number of hydrogen-bond donors (Lipinski definition) is 1. The van der Waals surface area contributed by atoms with Crippen LogP contribution in [0.2, 0.25) is 0 Å². The van der Waals surface area contributed by atoms with E-state index >= 15 is 0 Å². The molecule has 2 rings (SSSR count). The Labute approximate surface area is 133 Å². The molecule has 2 unspecified atom stereocenters. The fourth-order valence-corrected chi connectivity index (χ4v) is 3.12. The summed E-state index contributed by atoms with van der Waals surface area (Å²) in [6.07, 6.45) is 5.19. The van der Waals surface area contributed by atoms with E-state index in [1.807, 2.05) is 28.6 Å². The number of ether oxygens (including phenoxy) is 1. The quantitative estimate of drug-likeness (QED) is 0.824. The number of benzene rings is 1. The summed E-state index contributed by atoms with van der Waals surface area (Å²) in [7, 11) is 0.433. The van der Waals surface area contributed by atoms with Gasteiger partial charge >= 0.3 is 5.97 Å². The number of methoxy groups -OCH3 is 1. The van der Waals surface area contributed by atoms with Crippen molar-refractivity contribution in [3.05, 3.63) is 41.5 Å². The van der Waals surface area contributed by atoms with E-state index in [9.17, 15) is 9.00 Å². The molecule has 0 bridgehead atoms. The molecular weight excluding hydrogens is 300 g/mol. The van der Waals surface area contributed by atoms with Crippen LogP contribution in [0.3, 0.4) is 0 Å². The second-order valence-electron chi connectivity index (χ2n) is 5.32. The van der Waals surface area contributed by atoms with Gasteiger partial charge in [-0.05, 0) is 29.5 Å². The second kappa shape index (κ2) is 7.67. The molecule has 1 heterocycles. The number of hydrogen-bond acceptors (Lipinski definition) is 4. The first-order valence-electron chi connectivity index (χ1n) is 7.21. The molecule has 0 saturated carbocycles. The van der Waals surface area contributed by atoms with Crippen molar-refractivity contribution in [2.75, 3.05) is 26.5 Å². The minimum atomic E-state index is -0.908. The summed E-state index contributed by atoms with van der Waals surface area (Å²) in [5.41, 5.74) is 9.21. The third kappa shape index (κ3) is 4.25. The molecule has 1 aliphatic rings. The van der Waals surface area contributed by atoms with Crippen LogP contribution in [0.5, 0.6) is 0 Å². The molecule has 0 aliphatic carbocycles. The standard InChI is InChI=1S/C16H22N2O3S/c1-21-16(19)15(17)11-12-3-5-13(6-4-12)14-7-9-18(10-8-14)22(2)20/h3-7,15H,8-11,17H2,1-2H3. The van der Waals surface area contributed by atoms with E-state index in [4.69, 9.17) is 5.73 Å². The molecule has 1 aromatic rings. The van der Waals surface area contributed by atoms with Crippen LogP contribution in [0, 0.1) is 0 Å². The van der Waals surface area contributed by atoms with Crippen molar-refractivity contribution in [2.45, 2.75) is 18.9 Å². The average molecular weight is 322 g/mol. The normalized spacial score (nSPS) is 18.4. The molecule has 0 aromatic heterocycles. The van der Waals surface area contributed by atoms with Crippen molar-refractivity contribution >= 4 is 22.5 Å². The van der Waals surface area contributed by atoms with E-state index in [0.29, 0.717) is 13.0 Å². The zero-order valence-electron chi connectivity index (χ0n) is 13.0. The van der Waals surface area contributed by atoms with Crippen LogP contribution < -0.4 is 5.73 Å². The number of nitrogens with zero attached hydrogens (tertiary/aromatic N) is 1. The summed E-state index contributed by atoms with van der Waals surface area (Å²) < 4.78 is 18.0. The molecule has 0 radical (unpaired) electrons. The molecule has 0 fully saturated rings. The van der Waals surface area contributed by atoms with Gasteiger partial charge in [0.2, 0.25) is 0 Å². The molecule has 120 valence electrons.